The lowest BCUT2D eigenvalue weighted by Crippen LogP contribution is -2.33. The van der Waals surface area contributed by atoms with Crippen LogP contribution in [-0.2, 0) is 0 Å². The molecule has 1 aliphatic carbocycles. The first-order valence-corrected chi connectivity index (χ1v) is 7.20. The second-order valence-electron chi connectivity index (χ2n) is 4.68. The average Bonchev–Trinajstić information content (AvgIpc) is 3.09. The minimum absolute atomic E-state index is 0.0280. The Labute approximate surface area is 111 Å². The van der Waals surface area contributed by atoms with Crippen molar-refractivity contribution in [1.29, 1.82) is 0 Å². The number of anilines is 2. The molecule has 1 aromatic rings. The summed E-state index contributed by atoms with van der Waals surface area (Å²) >= 11 is 1.33. The highest BCUT2D eigenvalue weighted by Gasteiger charge is 2.28. The van der Waals surface area contributed by atoms with Gasteiger partial charge >= 0.3 is 0 Å². The Morgan fingerprint density at radius 1 is 1.61 bits per heavy atom. The SMILES string of the molecule is CCCN(CC1CC1)C(=O)c1sc(NC)nc1N. The highest BCUT2D eigenvalue weighted by molar-refractivity contribution is 7.18. The third kappa shape index (κ3) is 2.93. The van der Waals surface area contributed by atoms with Crippen molar-refractivity contribution in [1.82, 2.24) is 9.88 Å². The second-order valence-corrected chi connectivity index (χ2v) is 5.68. The lowest BCUT2D eigenvalue weighted by molar-refractivity contribution is 0.0753. The van der Waals surface area contributed by atoms with Crippen LogP contribution in [0.3, 0.4) is 0 Å². The van der Waals surface area contributed by atoms with E-state index < -0.39 is 0 Å². The molecule has 1 saturated carbocycles. The second kappa shape index (κ2) is 5.56. The van der Waals surface area contributed by atoms with Crippen LogP contribution in [0.4, 0.5) is 10.9 Å². The Morgan fingerprint density at radius 2 is 2.33 bits per heavy atom. The molecule has 1 amide bonds. The van der Waals surface area contributed by atoms with E-state index in [2.05, 4.69) is 17.2 Å². The molecule has 2 rings (SSSR count). The maximum Gasteiger partial charge on any atom is 0.267 e. The zero-order chi connectivity index (χ0) is 13.1. The van der Waals surface area contributed by atoms with Crippen LogP contribution in [0.2, 0.25) is 0 Å². The highest BCUT2D eigenvalue weighted by Crippen LogP contribution is 2.32. The summed E-state index contributed by atoms with van der Waals surface area (Å²) in [5.41, 5.74) is 5.81. The lowest BCUT2D eigenvalue weighted by atomic mass is 10.3. The number of nitrogens with one attached hydrogen (secondary N) is 1. The molecule has 5 nitrogen and oxygen atoms in total. The molecule has 0 unspecified atom stereocenters. The number of hydrogen-bond donors (Lipinski definition) is 2. The van der Waals surface area contributed by atoms with Crippen LogP contribution in [0.25, 0.3) is 0 Å². The normalized spacial score (nSPS) is 14.6. The molecule has 100 valence electrons. The van der Waals surface area contributed by atoms with Crippen molar-refractivity contribution in [3.63, 3.8) is 0 Å². The maximum atomic E-state index is 12.4. The van der Waals surface area contributed by atoms with Crippen molar-refractivity contribution < 1.29 is 4.79 Å². The van der Waals surface area contributed by atoms with Crippen molar-refractivity contribution >= 4 is 28.2 Å². The molecular weight excluding hydrogens is 248 g/mol. The van der Waals surface area contributed by atoms with Crippen LogP contribution in [0.1, 0.15) is 35.9 Å². The van der Waals surface area contributed by atoms with Crippen molar-refractivity contribution in [2.45, 2.75) is 26.2 Å². The van der Waals surface area contributed by atoms with E-state index in [1.54, 1.807) is 7.05 Å². The molecule has 6 heteroatoms. The lowest BCUT2D eigenvalue weighted by Gasteiger charge is -2.21. The van der Waals surface area contributed by atoms with Crippen molar-refractivity contribution in [2.75, 3.05) is 31.2 Å². The first-order chi connectivity index (χ1) is 8.65. The van der Waals surface area contributed by atoms with Gasteiger partial charge in [0.2, 0.25) is 0 Å². The van der Waals surface area contributed by atoms with E-state index >= 15 is 0 Å². The molecule has 0 atom stereocenters. The average molecular weight is 268 g/mol. The fourth-order valence-electron chi connectivity index (χ4n) is 1.89. The molecule has 18 heavy (non-hydrogen) atoms. The van der Waals surface area contributed by atoms with E-state index in [1.807, 2.05) is 4.90 Å². The van der Waals surface area contributed by atoms with E-state index in [0.29, 0.717) is 21.7 Å². The third-order valence-corrected chi connectivity index (χ3v) is 4.09. The van der Waals surface area contributed by atoms with Gasteiger partial charge in [0.15, 0.2) is 5.13 Å². The predicted octanol–water partition coefficient (Wildman–Crippen LogP) is 2.03. The number of nitrogen functional groups attached to an aromatic ring is 1. The molecule has 0 spiro atoms. The summed E-state index contributed by atoms with van der Waals surface area (Å²) in [4.78, 5) is 19.0. The molecular formula is C12H20N4OS. The van der Waals surface area contributed by atoms with Crippen LogP contribution < -0.4 is 11.1 Å². The van der Waals surface area contributed by atoms with E-state index in [0.717, 1.165) is 19.5 Å². The Bertz CT molecular complexity index is 428. The van der Waals surface area contributed by atoms with Gasteiger partial charge in [0.1, 0.15) is 10.7 Å². The van der Waals surface area contributed by atoms with Gasteiger partial charge in [0.25, 0.3) is 5.91 Å². The number of amides is 1. The molecule has 1 heterocycles. The molecule has 0 radical (unpaired) electrons. The summed E-state index contributed by atoms with van der Waals surface area (Å²) in [5, 5.41) is 3.62. The van der Waals surface area contributed by atoms with Crippen LogP contribution in [0.5, 0.6) is 0 Å². The van der Waals surface area contributed by atoms with Gasteiger partial charge in [-0.15, -0.1) is 0 Å². The monoisotopic (exact) mass is 268 g/mol. The van der Waals surface area contributed by atoms with E-state index in [-0.39, 0.29) is 5.91 Å². The third-order valence-electron chi connectivity index (χ3n) is 3.02. The number of rotatable bonds is 6. The fraction of sp³-hybridized carbons (Fsp3) is 0.667. The number of aromatic nitrogens is 1. The van der Waals surface area contributed by atoms with Crippen molar-refractivity contribution in [3.8, 4) is 0 Å². The molecule has 1 aromatic heterocycles. The summed E-state index contributed by atoms with van der Waals surface area (Å²) in [6.07, 6.45) is 3.46. The Kier molecular flexibility index (Phi) is 4.06. The summed E-state index contributed by atoms with van der Waals surface area (Å²) in [6, 6.07) is 0. The van der Waals surface area contributed by atoms with Gasteiger partial charge in [-0.3, -0.25) is 4.79 Å². The smallest absolute Gasteiger partial charge is 0.267 e. The predicted molar refractivity (Wildman–Crippen MR) is 75.0 cm³/mol. The van der Waals surface area contributed by atoms with Gasteiger partial charge in [0.05, 0.1) is 0 Å². The van der Waals surface area contributed by atoms with Crippen molar-refractivity contribution in [2.24, 2.45) is 5.92 Å². The summed E-state index contributed by atoms with van der Waals surface area (Å²) in [7, 11) is 1.78. The topological polar surface area (TPSA) is 71.2 Å². The van der Waals surface area contributed by atoms with Gasteiger partial charge in [-0.2, -0.15) is 0 Å². The minimum Gasteiger partial charge on any atom is -0.382 e. The molecule has 3 N–H and O–H groups in total. The number of nitrogens with zero attached hydrogens (tertiary/aromatic N) is 2. The fourth-order valence-corrected chi connectivity index (χ4v) is 2.70. The minimum atomic E-state index is 0.0280. The zero-order valence-electron chi connectivity index (χ0n) is 10.9. The standard InChI is InChI=1S/C12H20N4OS/c1-3-6-16(7-8-4-5-8)11(17)9-10(13)15-12(14-2)18-9/h8H,3-7,13H2,1-2H3,(H,14,15). The van der Waals surface area contributed by atoms with Gasteiger partial charge < -0.3 is 16.0 Å². The first-order valence-electron chi connectivity index (χ1n) is 6.39. The molecule has 1 fully saturated rings. The van der Waals surface area contributed by atoms with Gasteiger partial charge in [0, 0.05) is 20.1 Å². The Morgan fingerprint density at radius 3 is 2.83 bits per heavy atom. The van der Waals surface area contributed by atoms with Crippen molar-refractivity contribution in [3.05, 3.63) is 4.88 Å². The quantitative estimate of drug-likeness (QED) is 0.828. The number of hydrogen-bond acceptors (Lipinski definition) is 5. The molecule has 0 bridgehead atoms. The summed E-state index contributed by atoms with van der Waals surface area (Å²) in [6.45, 7) is 3.74. The van der Waals surface area contributed by atoms with Gasteiger partial charge in [-0.05, 0) is 25.2 Å². The Balaban J connectivity index is 2.12. The molecule has 0 aromatic carbocycles. The molecule has 0 aliphatic heterocycles. The van der Waals surface area contributed by atoms with Gasteiger partial charge in [-0.25, -0.2) is 4.98 Å². The number of nitrogens with two attached hydrogens (primary N) is 1. The highest BCUT2D eigenvalue weighted by atomic mass is 32.1. The molecule has 0 saturated heterocycles. The largest absolute Gasteiger partial charge is 0.382 e. The maximum absolute atomic E-state index is 12.4. The number of carbonyl (C=O) groups excluding carboxylic acids is 1. The Hall–Kier alpha value is -1.30. The number of thiazole rings is 1. The zero-order valence-corrected chi connectivity index (χ0v) is 11.7. The number of carbonyl (C=O) groups is 1. The van der Waals surface area contributed by atoms with Crippen LogP contribution >= 0.6 is 11.3 Å². The van der Waals surface area contributed by atoms with Crippen LogP contribution in [0.15, 0.2) is 0 Å². The summed E-state index contributed by atoms with van der Waals surface area (Å²) in [5.74, 6) is 1.06. The van der Waals surface area contributed by atoms with Gasteiger partial charge in [-0.1, -0.05) is 18.3 Å². The van der Waals surface area contributed by atoms with E-state index in [1.165, 1.54) is 24.2 Å². The van der Waals surface area contributed by atoms with Crippen LogP contribution in [0, 0.1) is 5.92 Å². The summed E-state index contributed by atoms with van der Waals surface area (Å²) < 4.78 is 0. The van der Waals surface area contributed by atoms with E-state index in [4.69, 9.17) is 5.73 Å². The molecule has 1 aliphatic rings. The first kappa shape index (κ1) is 13.1. The van der Waals surface area contributed by atoms with Crippen LogP contribution in [-0.4, -0.2) is 35.9 Å². The van der Waals surface area contributed by atoms with E-state index in [9.17, 15) is 4.79 Å².